The van der Waals surface area contributed by atoms with Crippen LogP contribution in [0.15, 0.2) is 29.6 Å². The monoisotopic (exact) mass is 402 g/mol. The third kappa shape index (κ3) is 5.53. The highest BCUT2D eigenvalue weighted by Crippen LogP contribution is 2.21. The number of methoxy groups -OCH3 is 1. The van der Waals surface area contributed by atoms with E-state index in [4.69, 9.17) is 4.74 Å². The number of nitrogens with zero attached hydrogens (tertiary/aromatic N) is 2. The molecule has 0 atom stereocenters. The molecule has 150 valence electrons. The van der Waals surface area contributed by atoms with Crippen molar-refractivity contribution in [3.05, 3.63) is 45.9 Å². The van der Waals surface area contributed by atoms with Crippen molar-refractivity contribution >= 4 is 29.0 Å². The summed E-state index contributed by atoms with van der Waals surface area (Å²) in [5.41, 5.74) is 2.30. The average molecular weight is 403 g/mol. The molecule has 3 rings (SSSR count). The van der Waals surface area contributed by atoms with E-state index in [0.717, 1.165) is 35.5 Å². The zero-order chi connectivity index (χ0) is 19.9. The second kappa shape index (κ2) is 9.66. The second-order valence-corrected chi connectivity index (χ2v) is 7.67. The SMILES string of the molecule is CCc1ccccc1NC(=O)N(CCOC)Cc1nc(C(=O)NC2CC2)cs1. The van der Waals surface area contributed by atoms with Crippen LogP contribution in [0, 0.1) is 0 Å². The van der Waals surface area contributed by atoms with Gasteiger partial charge in [-0.2, -0.15) is 0 Å². The molecule has 1 saturated carbocycles. The maximum absolute atomic E-state index is 12.8. The van der Waals surface area contributed by atoms with E-state index in [9.17, 15) is 9.59 Å². The highest BCUT2D eigenvalue weighted by Gasteiger charge is 2.25. The number of hydrogen-bond donors (Lipinski definition) is 2. The predicted molar refractivity (Wildman–Crippen MR) is 110 cm³/mol. The first-order chi connectivity index (χ1) is 13.6. The highest BCUT2D eigenvalue weighted by molar-refractivity contribution is 7.09. The summed E-state index contributed by atoms with van der Waals surface area (Å²) in [7, 11) is 1.60. The van der Waals surface area contributed by atoms with Gasteiger partial charge in [-0.25, -0.2) is 9.78 Å². The highest BCUT2D eigenvalue weighted by atomic mass is 32.1. The molecule has 1 aromatic heterocycles. The molecule has 1 aromatic carbocycles. The number of urea groups is 1. The Morgan fingerprint density at radius 3 is 2.82 bits per heavy atom. The third-order valence-electron chi connectivity index (χ3n) is 4.52. The van der Waals surface area contributed by atoms with Gasteiger partial charge in [0.2, 0.25) is 0 Å². The Kier molecular flexibility index (Phi) is 7.00. The van der Waals surface area contributed by atoms with Crippen LogP contribution >= 0.6 is 11.3 Å². The van der Waals surface area contributed by atoms with Crippen LogP contribution in [0.4, 0.5) is 10.5 Å². The number of aryl methyl sites for hydroxylation is 1. The van der Waals surface area contributed by atoms with Crippen LogP contribution in [0.3, 0.4) is 0 Å². The fraction of sp³-hybridized carbons (Fsp3) is 0.450. The van der Waals surface area contributed by atoms with Gasteiger partial charge in [-0.3, -0.25) is 4.79 Å². The summed E-state index contributed by atoms with van der Waals surface area (Å²) in [6, 6.07) is 7.84. The first-order valence-corrected chi connectivity index (χ1v) is 10.4. The lowest BCUT2D eigenvalue weighted by Gasteiger charge is -2.22. The number of hydrogen-bond acceptors (Lipinski definition) is 5. The maximum atomic E-state index is 12.8. The Labute approximate surface area is 169 Å². The average Bonchev–Trinajstić information content (AvgIpc) is 3.39. The number of anilines is 1. The smallest absolute Gasteiger partial charge is 0.322 e. The molecule has 2 N–H and O–H groups in total. The van der Waals surface area contributed by atoms with Gasteiger partial charge in [-0.15, -0.1) is 11.3 Å². The molecule has 0 aliphatic heterocycles. The van der Waals surface area contributed by atoms with Gasteiger partial charge in [0.05, 0.1) is 13.2 Å². The molecular weight excluding hydrogens is 376 g/mol. The van der Waals surface area contributed by atoms with Crippen molar-refractivity contribution in [2.45, 2.75) is 38.8 Å². The number of benzene rings is 1. The van der Waals surface area contributed by atoms with Gasteiger partial charge in [-0.1, -0.05) is 25.1 Å². The third-order valence-corrected chi connectivity index (χ3v) is 5.35. The lowest BCUT2D eigenvalue weighted by Crippen LogP contribution is -2.37. The molecule has 7 nitrogen and oxygen atoms in total. The number of amides is 3. The molecule has 8 heteroatoms. The molecule has 0 unspecified atom stereocenters. The van der Waals surface area contributed by atoms with E-state index >= 15 is 0 Å². The number of rotatable bonds is 9. The van der Waals surface area contributed by atoms with Crippen molar-refractivity contribution in [3.8, 4) is 0 Å². The van der Waals surface area contributed by atoms with Gasteiger partial charge in [0.15, 0.2) is 0 Å². The summed E-state index contributed by atoms with van der Waals surface area (Å²) in [6.45, 7) is 3.23. The van der Waals surface area contributed by atoms with Crippen LogP contribution < -0.4 is 10.6 Å². The maximum Gasteiger partial charge on any atom is 0.322 e. The van der Waals surface area contributed by atoms with Gasteiger partial charge in [0, 0.05) is 30.8 Å². The van der Waals surface area contributed by atoms with Crippen LogP contribution in [0.2, 0.25) is 0 Å². The van der Waals surface area contributed by atoms with Crippen LogP contribution in [0.25, 0.3) is 0 Å². The molecule has 1 aliphatic rings. The van der Waals surface area contributed by atoms with E-state index < -0.39 is 0 Å². The zero-order valence-corrected chi connectivity index (χ0v) is 17.1. The molecule has 1 aliphatic carbocycles. The first kappa shape index (κ1) is 20.3. The Morgan fingerprint density at radius 1 is 1.32 bits per heavy atom. The van der Waals surface area contributed by atoms with E-state index in [-0.39, 0.29) is 11.9 Å². The van der Waals surface area contributed by atoms with Gasteiger partial charge >= 0.3 is 6.03 Å². The summed E-state index contributed by atoms with van der Waals surface area (Å²) in [5.74, 6) is -0.144. The molecule has 1 fully saturated rings. The number of carbonyl (C=O) groups excluding carboxylic acids is 2. The quantitative estimate of drug-likeness (QED) is 0.674. The first-order valence-electron chi connectivity index (χ1n) is 9.48. The number of carbonyl (C=O) groups is 2. The van der Waals surface area contributed by atoms with E-state index in [1.165, 1.54) is 11.3 Å². The number of ether oxygens (including phenoxy) is 1. The van der Waals surface area contributed by atoms with Gasteiger partial charge in [0.1, 0.15) is 10.7 Å². The minimum absolute atomic E-state index is 0.144. The molecule has 3 amide bonds. The number of para-hydroxylation sites is 1. The number of nitrogens with one attached hydrogen (secondary N) is 2. The molecule has 0 spiro atoms. The molecular formula is C20H26N4O3S. The van der Waals surface area contributed by atoms with Crippen molar-refractivity contribution in [2.24, 2.45) is 0 Å². The van der Waals surface area contributed by atoms with Crippen molar-refractivity contribution < 1.29 is 14.3 Å². The van der Waals surface area contributed by atoms with Gasteiger partial charge in [-0.05, 0) is 30.9 Å². The summed E-state index contributed by atoms with van der Waals surface area (Å²) in [5, 5.41) is 8.38. The van der Waals surface area contributed by atoms with Crippen LogP contribution in [0.1, 0.15) is 40.8 Å². The lowest BCUT2D eigenvalue weighted by molar-refractivity contribution is 0.0946. The molecule has 0 saturated heterocycles. The Bertz CT molecular complexity index is 819. The topological polar surface area (TPSA) is 83.6 Å². The second-order valence-electron chi connectivity index (χ2n) is 6.73. The van der Waals surface area contributed by atoms with E-state index in [1.807, 2.05) is 24.3 Å². The largest absolute Gasteiger partial charge is 0.383 e. The standard InChI is InChI=1S/C20H26N4O3S/c1-3-14-6-4-5-7-16(14)23-20(26)24(10-11-27-2)12-18-22-17(13-28-18)19(25)21-15-8-9-15/h4-7,13,15H,3,8-12H2,1-2H3,(H,21,25)(H,23,26). The van der Waals surface area contributed by atoms with Crippen molar-refractivity contribution in [1.82, 2.24) is 15.2 Å². The minimum Gasteiger partial charge on any atom is -0.383 e. The summed E-state index contributed by atoms with van der Waals surface area (Å²) >= 11 is 1.38. The molecule has 28 heavy (non-hydrogen) atoms. The normalized spacial score (nSPS) is 13.2. The van der Waals surface area contributed by atoms with E-state index in [1.54, 1.807) is 17.4 Å². The van der Waals surface area contributed by atoms with Gasteiger partial charge < -0.3 is 20.3 Å². The lowest BCUT2D eigenvalue weighted by atomic mass is 10.1. The Balaban J connectivity index is 1.66. The van der Waals surface area contributed by atoms with E-state index in [2.05, 4.69) is 22.5 Å². The summed E-state index contributed by atoms with van der Waals surface area (Å²) < 4.78 is 5.15. The molecule has 0 radical (unpaired) electrons. The van der Waals surface area contributed by atoms with Crippen LogP contribution in [-0.2, 0) is 17.7 Å². The zero-order valence-electron chi connectivity index (χ0n) is 16.2. The van der Waals surface area contributed by atoms with Crippen molar-refractivity contribution in [3.63, 3.8) is 0 Å². The molecule has 0 bridgehead atoms. The van der Waals surface area contributed by atoms with E-state index in [0.29, 0.717) is 31.4 Å². The van der Waals surface area contributed by atoms with Crippen LogP contribution in [0.5, 0.6) is 0 Å². The molecule has 2 aromatic rings. The predicted octanol–water partition coefficient (Wildman–Crippen LogP) is 3.28. The van der Waals surface area contributed by atoms with Gasteiger partial charge in [0.25, 0.3) is 5.91 Å². The summed E-state index contributed by atoms with van der Waals surface area (Å²) in [4.78, 5) is 31.0. The Hall–Kier alpha value is -2.45. The summed E-state index contributed by atoms with van der Waals surface area (Å²) in [6.07, 6.45) is 2.90. The Morgan fingerprint density at radius 2 is 2.11 bits per heavy atom. The van der Waals surface area contributed by atoms with Crippen molar-refractivity contribution in [2.75, 3.05) is 25.6 Å². The number of aromatic nitrogens is 1. The van der Waals surface area contributed by atoms with Crippen LogP contribution in [-0.4, -0.2) is 48.1 Å². The minimum atomic E-state index is -0.211. The van der Waals surface area contributed by atoms with Crippen molar-refractivity contribution in [1.29, 1.82) is 0 Å². The molecule has 1 heterocycles. The number of thiazole rings is 1. The fourth-order valence-electron chi connectivity index (χ4n) is 2.74. The fourth-order valence-corrected chi connectivity index (χ4v) is 3.53.